The van der Waals surface area contributed by atoms with Gasteiger partial charge in [0.15, 0.2) is 5.75 Å². The molecule has 3 aromatic carbocycles. The van der Waals surface area contributed by atoms with Crippen molar-refractivity contribution in [1.29, 1.82) is 0 Å². The average molecular weight is 340 g/mol. The number of aromatic hydroxyl groups is 1. The number of benzene rings is 3. The maximum atomic E-state index is 12.8. The number of carbonyl (C=O) groups excluding carboxylic acids is 1. The summed E-state index contributed by atoms with van der Waals surface area (Å²) in [5, 5.41) is 14.1. The Hall–Kier alpha value is -3.66. The number of pyridine rings is 1. The molecule has 26 heavy (non-hydrogen) atoms. The number of amides is 1. The van der Waals surface area contributed by atoms with Gasteiger partial charge in [-0.1, -0.05) is 60.7 Å². The number of anilines is 1. The van der Waals surface area contributed by atoms with Crippen LogP contribution in [0.4, 0.5) is 5.69 Å². The number of rotatable bonds is 3. The predicted molar refractivity (Wildman–Crippen MR) is 103 cm³/mol. The number of hydrogen-bond donors (Lipinski definition) is 2. The highest BCUT2D eigenvalue weighted by molar-refractivity contribution is 6.10. The highest BCUT2D eigenvalue weighted by atomic mass is 16.3. The minimum Gasteiger partial charge on any atom is -0.505 e. The van der Waals surface area contributed by atoms with Gasteiger partial charge in [-0.3, -0.25) is 9.78 Å². The summed E-state index contributed by atoms with van der Waals surface area (Å²) in [5.41, 5.74) is 3.22. The summed E-state index contributed by atoms with van der Waals surface area (Å²) in [6, 6.07) is 24.4. The summed E-state index contributed by atoms with van der Waals surface area (Å²) in [7, 11) is 0. The molecule has 4 nitrogen and oxygen atoms in total. The Morgan fingerprint density at radius 3 is 2.46 bits per heavy atom. The third-order valence-electron chi connectivity index (χ3n) is 4.25. The summed E-state index contributed by atoms with van der Waals surface area (Å²) in [5.74, 6) is -0.490. The van der Waals surface area contributed by atoms with Gasteiger partial charge < -0.3 is 10.4 Å². The number of carbonyl (C=O) groups is 1. The van der Waals surface area contributed by atoms with Crippen molar-refractivity contribution in [3.05, 3.63) is 90.6 Å². The monoisotopic (exact) mass is 340 g/mol. The summed E-state index contributed by atoms with van der Waals surface area (Å²) < 4.78 is 0. The van der Waals surface area contributed by atoms with Gasteiger partial charge in [-0.05, 0) is 23.8 Å². The normalized spacial score (nSPS) is 10.6. The zero-order chi connectivity index (χ0) is 17.9. The van der Waals surface area contributed by atoms with Crippen LogP contribution < -0.4 is 5.32 Å². The quantitative estimate of drug-likeness (QED) is 0.560. The number of aromatic nitrogens is 1. The van der Waals surface area contributed by atoms with Crippen LogP contribution in [-0.4, -0.2) is 16.0 Å². The maximum Gasteiger partial charge on any atom is 0.259 e. The van der Waals surface area contributed by atoms with Gasteiger partial charge in [0.05, 0.1) is 5.56 Å². The second-order valence-electron chi connectivity index (χ2n) is 5.90. The largest absolute Gasteiger partial charge is 0.505 e. The molecule has 4 heteroatoms. The number of nitrogens with zero attached hydrogens (tertiary/aromatic N) is 1. The second kappa shape index (κ2) is 6.69. The SMILES string of the molecule is O=C(Nc1ccccc1-c1ccccc1)c1ccc2cccnc2c1O. The van der Waals surface area contributed by atoms with Gasteiger partial charge in [0, 0.05) is 22.8 Å². The summed E-state index contributed by atoms with van der Waals surface area (Å²) in [4.78, 5) is 16.9. The van der Waals surface area contributed by atoms with E-state index < -0.39 is 0 Å². The summed E-state index contributed by atoms with van der Waals surface area (Å²) >= 11 is 0. The van der Waals surface area contributed by atoms with Crippen LogP contribution in [0.25, 0.3) is 22.0 Å². The molecule has 0 bridgehead atoms. The Bertz CT molecular complexity index is 1090. The van der Waals surface area contributed by atoms with Crippen molar-refractivity contribution in [2.45, 2.75) is 0 Å². The molecule has 0 atom stereocenters. The third kappa shape index (κ3) is 2.89. The minimum atomic E-state index is -0.376. The number of nitrogens with one attached hydrogen (secondary N) is 1. The minimum absolute atomic E-state index is 0.113. The molecule has 0 saturated carbocycles. The van der Waals surface area contributed by atoms with Crippen LogP contribution in [-0.2, 0) is 0 Å². The molecule has 0 radical (unpaired) electrons. The number of fused-ring (bicyclic) bond motifs is 1. The zero-order valence-corrected chi connectivity index (χ0v) is 13.9. The molecule has 0 aliphatic rings. The zero-order valence-electron chi connectivity index (χ0n) is 13.9. The van der Waals surface area contributed by atoms with E-state index in [9.17, 15) is 9.90 Å². The molecule has 1 aromatic heterocycles. The van der Waals surface area contributed by atoms with E-state index >= 15 is 0 Å². The van der Waals surface area contributed by atoms with E-state index in [1.807, 2.05) is 60.7 Å². The first kappa shape index (κ1) is 15.8. The molecule has 1 amide bonds. The van der Waals surface area contributed by atoms with Gasteiger partial charge in [-0.25, -0.2) is 0 Å². The Labute approximate surface area is 150 Å². The van der Waals surface area contributed by atoms with E-state index in [4.69, 9.17) is 0 Å². The molecule has 2 N–H and O–H groups in total. The lowest BCUT2D eigenvalue weighted by molar-refractivity contribution is 0.102. The maximum absolute atomic E-state index is 12.8. The fourth-order valence-electron chi connectivity index (χ4n) is 2.96. The van der Waals surface area contributed by atoms with Gasteiger partial charge in [0.25, 0.3) is 5.91 Å². The Morgan fingerprint density at radius 1 is 0.846 bits per heavy atom. The molecule has 0 aliphatic carbocycles. The molecule has 4 rings (SSSR count). The van der Waals surface area contributed by atoms with E-state index in [-0.39, 0.29) is 17.2 Å². The smallest absolute Gasteiger partial charge is 0.259 e. The fourth-order valence-corrected chi connectivity index (χ4v) is 2.96. The van der Waals surface area contributed by atoms with Crippen LogP contribution in [0.1, 0.15) is 10.4 Å². The summed E-state index contributed by atoms with van der Waals surface area (Å²) in [6.07, 6.45) is 1.59. The lowest BCUT2D eigenvalue weighted by Gasteiger charge is -2.12. The van der Waals surface area contributed by atoms with Crippen LogP contribution in [0.2, 0.25) is 0 Å². The average Bonchev–Trinajstić information content (AvgIpc) is 2.69. The van der Waals surface area contributed by atoms with E-state index in [1.165, 1.54) is 0 Å². The molecular weight excluding hydrogens is 324 g/mol. The van der Waals surface area contributed by atoms with Crippen molar-refractivity contribution < 1.29 is 9.90 Å². The molecule has 4 aromatic rings. The first-order chi connectivity index (χ1) is 12.7. The highest BCUT2D eigenvalue weighted by Crippen LogP contribution is 2.30. The lowest BCUT2D eigenvalue weighted by Crippen LogP contribution is -2.13. The van der Waals surface area contributed by atoms with Gasteiger partial charge in [0.1, 0.15) is 5.52 Å². The molecule has 0 aliphatic heterocycles. The number of para-hydroxylation sites is 1. The predicted octanol–water partition coefficient (Wildman–Crippen LogP) is 4.86. The van der Waals surface area contributed by atoms with Crippen molar-refractivity contribution in [2.24, 2.45) is 0 Å². The molecule has 0 saturated heterocycles. The molecular formula is C22H16N2O2. The number of phenolic OH excluding ortho intramolecular Hbond substituents is 1. The summed E-state index contributed by atoms with van der Waals surface area (Å²) in [6.45, 7) is 0. The number of hydrogen-bond acceptors (Lipinski definition) is 3. The topological polar surface area (TPSA) is 62.2 Å². The highest BCUT2D eigenvalue weighted by Gasteiger charge is 2.16. The molecule has 0 unspecified atom stereocenters. The Balaban J connectivity index is 1.71. The van der Waals surface area contributed by atoms with Crippen molar-refractivity contribution in [1.82, 2.24) is 4.98 Å². The van der Waals surface area contributed by atoms with Crippen LogP contribution in [0.5, 0.6) is 5.75 Å². The standard InChI is InChI=1S/C22H16N2O2/c25-21-18(13-12-16-9-6-14-23-20(16)21)22(26)24-19-11-5-4-10-17(19)15-7-2-1-3-8-15/h1-14,25H,(H,24,26). The van der Waals surface area contributed by atoms with Crippen LogP contribution in [0, 0.1) is 0 Å². The molecule has 126 valence electrons. The van der Waals surface area contributed by atoms with Gasteiger partial charge >= 0.3 is 0 Å². The van der Waals surface area contributed by atoms with Crippen LogP contribution in [0.3, 0.4) is 0 Å². The lowest BCUT2D eigenvalue weighted by atomic mass is 10.0. The van der Waals surface area contributed by atoms with Gasteiger partial charge in [-0.2, -0.15) is 0 Å². The first-order valence-corrected chi connectivity index (χ1v) is 8.26. The van der Waals surface area contributed by atoms with Crippen LogP contribution >= 0.6 is 0 Å². The third-order valence-corrected chi connectivity index (χ3v) is 4.25. The van der Waals surface area contributed by atoms with Crippen LogP contribution in [0.15, 0.2) is 85.1 Å². The number of phenols is 1. The van der Waals surface area contributed by atoms with E-state index in [2.05, 4.69) is 10.3 Å². The van der Waals surface area contributed by atoms with Crippen molar-refractivity contribution >= 4 is 22.5 Å². The molecule has 1 heterocycles. The van der Waals surface area contributed by atoms with Crippen molar-refractivity contribution in [3.63, 3.8) is 0 Å². The van der Waals surface area contributed by atoms with Crippen molar-refractivity contribution in [2.75, 3.05) is 5.32 Å². The Kier molecular flexibility index (Phi) is 4.07. The van der Waals surface area contributed by atoms with Crippen molar-refractivity contribution in [3.8, 4) is 16.9 Å². The Morgan fingerprint density at radius 2 is 1.62 bits per heavy atom. The molecule has 0 fully saturated rings. The van der Waals surface area contributed by atoms with E-state index in [0.29, 0.717) is 11.2 Å². The van der Waals surface area contributed by atoms with E-state index in [0.717, 1.165) is 16.5 Å². The fraction of sp³-hybridized carbons (Fsp3) is 0. The second-order valence-corrected chi connectivity index (χ2v) is 5.90. The van der Waals surface area contributed by atoms with E-state index in [1.54, 1.807) is 24.4 Å². The van der Waals surface area contributed by atoms with Gasteiger partial charge in [0.2, 0.25) is 0 Å². The van der Waals surface area contributed by atoms with Gasteiger partial charge in [-0.15, -0.1) is 0 Å². The first-order valence-electron chi connectivity index (χ1n) is 8.26. The molecule has 0 spiro atoms.